The fourth-order valence-electron chi connectivity index (χ4n) is 2.29. The Bertz CT molecular complexity index is 494. The van der Waals surface area contributed by atoms with Crippen LogP contribution in [0.15, 0.2) is 24.3 Å². The molecule has 0 aromatic heterocycles. The molecule has 2 unspecified atom stereocenters. The minimum absolute atomic E-state index is 0.0493. The first kappa shape index (κ1) is 14.5. The molecular formula is C15H19NO4. The summed E-state index contributed by atoms with van der Waals surface area (Å²) in [4.78, 5) is 23.6. The van der Waals surface area contributed by atoms with Gasteiger partial charge in [-0.1, -0.05) is 6.07 Å². The first-order chi connectivity index (χ1) is 9.61. The van der Waals surface area contributed by atoms with Gasteiger partial charge >= 0.3 is 5.97 Å². The molecule has 1 aliphatic heterocycles. The largest absolute Gasteiger partial charge is 0.465 e. The Kier molecular flexibility index (Phi) is 4.74. The fraction of sp³-hybridized carbons (Fsp3) is 0.467. The molecule has 1 saturated heterocycles. The van der Waals surface area contributed by atoms with E-state index in [1.165, 1.54) is 13.2 Å². The summed E-state index contributed by atoms with van der Waals surface area (Å²) in [7, 11) is 1.31. The van der Waals surface area contributed by atoms with Crippen molar-refractivity contribution in [2.75, 3.05) is 13.7 Å². The van der Waals surface area contributed by atoms with Gasteiger partial charge in [-0.25, -0.2) is 4.79 Å². The van der Waals surface area contributed by atoms with Crippen LogP contribution in [0.25, 0.3) is 0 Å². The summed E-state index contributed by atoms with van der Waals surface area (Å²) in [6, 6.07) is 6.43. The molecular weight excluding hydrogens is 258 g/mol. The third-order valence-electron chi connectivity index (χ3n) is 3.43. The number of rotatable bonds is 4. The average Bonchev–Trinajstić information content (AvgIpc) is 3.00. The molecule has 1 fully saturated rings. The van der Waals surface area contributed by atoms with Crippen molar-refractivity contribution >= 4 is 11.9 Å². The van der Waals surface area contributed by atoms with Crippen LogP contribution in [0.4, 0.5) is 0 Å². The van der Waals surface area contributed by atoms with E-state index in [1.54, 1.807) is 18.2 Å². The maximum atomic E-state index is 12.2. The second kappa shape index (κ2) is 6.52. The van der Waals surface area contributed by atoms with Gasteiger partial charge in [-0.15, -0.1) is 0 Å². The van der Waals surface area contributed by atoms with E-state index in [9.17, 15) is 9.59 Å². The lowest BCUT2D eigenvalue weighted by Crippen LogP contribution is -2.40. The van der Waals surface area contributed by atoms with E-state index in [4.69, 9.17) is 4.74 Å². The number of amides is 1. The van der Waals surface area contributed by atoms with E-state index >= 15 is 0 Å². The van der Waals surface area contributed by atoms with Gasteiger partial charge in [0.15, 0.2) is 0 Å². The predicted octanol–water partition coefficient (Wildman–Crippen LogP) is 1.77. The number of carbonyl (C=O) groups is 2. The van der Waals surface area contributed by atoms with Crippen molar-refractivity contribution in [3.63, 3.8) is 0 Å². The number of ether oxygens (including phenoxy) is 2. The molecule has 1 aromatic carbocycles. The molecule has 0 spiro atoms. The first-order valence-corrected chi connectivity index (χ1v) is 6.72. The summed E-state index contributed by atoms with van der Waals surface area (Å²) < 4.78 is 10.2. The van der Waals surface area contributed by atoms with Gasteiger partial charge in [0.05, 0.1) is 24.8 Å². The van der Waals surface area contributed by atoms with E-state index in [0.717, 1.165) is 19.4 Å². The van der Waals surface area contributed by atoms with Crippen LogP contribution >= 0.6 is 0 Å². The maximum Gasteiger partial charge on any atom is 0.337 e. The van der Waals surface area contributed by atoms with Crippen molar-refractivity contribution in [2.24, 2.45) is 0 Å². The van der Waals surface area contributed by atoms with Crippen LogP contribution in [0.3, 0.4) is 0 Å². The van der Waals surface area contributed by atoms with Crippen LogP contribution in [0.5, 0.6) is 0 Å². The van der Waals surface area contributed by atoms with Gasteiger partial charge in [0, 0.05) is 12.2 Å². The second-order valence-corrected chi connectivity index (χ2v) is 4.89. The van der Waals surface area contributed by atoms with E-state index in [2.05, 4.69) is 10.1 Å². The normalized spacial score (nSPS) is 19.4. The maximum absolute atomic E-state index is 12.2. The number of carbonyl (C=O) groups excluding carboxylic acids is 2. The highest BCUT2D eigenvalue weighted by Gasteiger charge is 2.24. The molecule has 2 atom stereocenters. The smallest absolute Gasteiger partial charge is 0.337 e. The summed E-state index contributed by atoms with van der Waals surface area (Å²) in [6.45, 7) is 2.68. The van der Waals surface area contributed by atoms with E-state index < -0.39 is 5.97 Å². The molecule has 5 nitrogen and oxygen atoms in total. The standard InChI is InChI=1S/C15H19NO4/c1-10(13-7-4-8-20-13)16-14(17)11-5-3-6-12(9-11)15(18)19-2/h3,5-6,9-10,13H,4,7-8H2,1-2H3,(H,16,17). The highest BCUT2D eigenvalue weighted by Crippen LogP contribution is 2.16. The monoisotopic (exact) mass is 277 g/mol. The van der Waals surface area contributed by atoms with Gasteiger partial charge in [-0.05, 0) is 38.0 Å². The SMILES string of the molecule is COC(=O)c1cccc(C(=O)NC(C)C2CCCO2)c1. The van der Waals surface area contributed by atoms with Gasteiger partial charge in [-0.3, -0.25) is 4.79 Å². The van der Waals surface area contributed by atoms with Crippen LogP contribution in [0.1, 0.15) is 40.5 Å². The van der Waals surface area contributed by atoms with Crippen molar-refractivity contribution in [1.82, 2.24) is 5.32 Å². The Hall–Kier alpha value is -1.88. The Morgan fingerprint density at radius 2 is 2.15 bits per heavy atom. The molecule has 1 aliphatic rings. The third-order valence-corrected chi connectivity index (χ3v) is 3.43. The zero-order valence-electron chi connectivity index (χ0n) is 11.7. The number of methoxy groups -OCH3 is 1. The molecule has 1 aromatic rings. The lowest BCUT2D eigenvalue weighted by molar-refractivity contribution is 0.0600. The van der Waals surface area contributed by atoms with Crippen LogP contribution in [-0.2, 0) is 9.47 Å². The number of esters is 1. The van der Waals surface area contributed by atoms with Gasteiger partial charge in [0.2, 0.25) is 0 Å². The van der Waals surface area contributed by atoms with Crippen molar-refractivity contribution in [3.8, 4) is 0 Å². The Labute approximate surface area is 118 Å². The molecule has 1 amide bonds. The van der Waals surface area contributed by atoms with Crippen molar-refractivity contribution in [2.45, 2.75) is 31.9 Å². The molecule has 1 heterocycles. The van der Waals surface area contributed by atoms with Gasteiger partial charge < -0.3 is 14.8 Å². The topological polar surface area (TPSA) is 64.6 Å². The Morgan fingerprint density at radius 3 is 2.80 bits per heavy atom. The first-order valence-electron chi connectivity index (χ1n) is 6.72. The van der Waals surface area contributed by atoms with Crippen molar-refractivity contribution < 1.29 is 19.1 Å². The second-order valence-electron chi connectivity index (χ2n) is 4.89. The lowest BCUT2D eigenvalue weighted by Gasteiger charge is -2.20. The summed E-state index contributed by atoms with van der Waals surface area (Å²) >= 11 is 0. The Morgan fingerprint density at radius 1 is 1.40 bits per heavy atom. The molecule has 2 rings (SSSR count). The lowest BCUT2D eigenvalue weighted by atomic mass is 10.1. The van der Waals surface area contributed by atoms with Crippen LogP contribution in [-0.4, -0.2) is 37.7 Å². The molecule has 0 radical (unpaired) electrons. The number of benzene rings is 1. The predicted molar refractivity (Wildman–Crippen MR) is 73.7 cm³/mol. The summed E-state index contributed by atoms with van der Waals surface area (Å²) in [5.74, 6) is -0.662. The molecule has 0 aliphatic carbocycles. The average molecular weight is 277 g/mol. The third kappa shape index (κ3) is 3.36. The number of hydrogen-bond donors (Lipinski definition) is 1. The van der Waals surface area contributed by atoms with E-state index in [-0.39, 0.29) is 18.1 Å². The summed E-state index contributed by atoms with van der Waals surface area (Å²) in [5.41, 5.74) is 0.808. The Balaban J connectivity index is 2.03. The van der Waals surface area contributed by atoms with Crippen LogP contribution < -0.4 is 5.32 Å². The number of hydrogen-bond acceptors (Lipinski definition) is 4. The minimum Gasteiger partial charge on any atom is -0.465 e. The molecule has 0 bridgehead atoms. The highest BCUT2D eigenvalue weighted by molar-refractivity contribution is 5.98. The quantitative estimate of drug-likeness (QED) is 0.852. The molecule has 0 saturated carbocycles. The van der Waals surface area contributed by atoms with Crippen LogP contribution in [0.2, 0.25) is 0 Å². The number of nitrogens with one attached hydrogen (secondary N) is 1. The molecule has 5 heteroatoms. The van der Waals surface area contributed by atoms with Gasteiger partial charge in [0.25, 0.3) is 5.91 Å². The molecule has 20 heavy (non-hydrogen) atoms. The summed E-state index contributed by atoms with van der Waals surface area (Å²) in [6.07, 6.45) is 2.06. The van der Waals surface area contributed by atoms with Gasteiger partial charge in [0.1, 0.15) is 0 Å². The molecule has 108 valence electrons. The zero-order valence-corrected chi connectivity index (χ0v) is 11.7. The fourth-order valence-corrected chi connectivity index (χ4v) is 2.29. The van der Waals surface area contributed by atoms with Gasteiger partial charge in [-0.2, -0.15) is 0 Å². The van der Waals surface area contributed by atoms with Crippen LogP contribution in [0, 0.1) is 0 Å². The molecule has 1 N–H and O–H groups in total. The van der Waals surface area contributed by atoms with E-state index in [0.29, 0.717) is 11.1 Å². The van der Waals surface area contributed by atoms with Crippen molar-refractivity contribution in [1.29, 1.82) is 0 Å². The summed E-state index contributed by atoms with van der Waals surface area (Å²) in [5, 5.41) is 2.91. The zero-order chi connectivity index (χ0) is 14.5. The van der Waals surface area contributed by atoms with E-state index in [1.807, 2.05) is 6.92 Å². The highest BCUT2D eigenvalue weighted by atomic mass is 16.5. The van der Waals surface area contributed by atoms with Crippen molar-refractivity contribution in [3.05, 3.63) is 35.4 Å². The minimum atomic E-state index is -0.452.